The topological polar surface area (TPSA) is 75.1 Å². The maximum Gasteiger partial charge on any atom is 0.338 e. The smallest absolute Gasteiger partial charge is 0.338 e. The van der Waals surface area contributed by atoms with Gasteiger partial charge in [-0.2, -0.15) is 0 Å². The molecule has 6 heteroatoms. The van der Waals surface area contributed by atoms with E-state index in [0.29, 0.717) is 0 Å². The molecule has 0 aliphatic carbocycles. The van der Waals surface area contributed by atoms with Gasteiger partial charge >= 0.3 is 5.97 Å². The molecule has 5 nitrogen and oxygen atoms in total. The number of carbonyl (C=O) groups is 1. The van der Waals surface area contributed by atoms with Gasteiger partial charge in [-0.1, -0.05) is 27.1 Å². The van der Waals surface area contributed by atoms with Crippen molar-refractivity contribution < 1.29 is 9.53 Å². The number of methoxy groups -OCH3 is 1. The molecule has 0 N–H and O–H groups in total. The summed E-state index contributed by atoms with van der Waals surface area (Å²) in [6.07, 6.45) is 0. The number of azide groups is 1. The van der Waals surface area contributed by atoms with Crippen molar-refractivity contribution in [1.82, 2.24) is 0 Å². The van der Waals surface area contributed by atoms with E-state index in [2.05, 4.69) is 30.7 Å². The predicted molar refractivity (Wildman–Crippen MR) is 54.3 cm³/mol. The third kappa shape index (κ3) is 2.25. The van der Waals surface area contributed by atoms with Gasteiger partial charge in [0.05, 0.1) is 18.4 Å². The van der Waals surface area contributed by atoms with E-state index in [1.54, 1.807) is 6.07 Å². The van der Waals surface area contributed by atoms with Crippen LogP contribution in [0.3, 0.4) is 0 Å². The highest BCUT2D eigenvalue weighted by Crippen LogP contribution is 2.24. The van der Waals surface area contributed by atoms with Gasteiger partial charge in [-0.15, -0.1) is 0 Å². The van der Waals surface area contributed by atoms with Crippen LogP contribution in [-0.2, 0) is 4.74 Å². The van der Waals surface area contributed by atoms with Crippen molar-refractivity contribution >= 4 is 27.6 Å². The van der Waals surface area contributed by atoms with Gasteiger partial charge in [0.1, 0.15) is 0 Å². The Morgan fingerprint density at radius 1 is 1.64 bits per heavy atom. The van der Waals surface area contributed by atoms with Crippen molar-refractivity contribution in [2.24, 2.45) is 5.11 Å². The fourth-order valence-corrected chi connectivity index (χ4v) is 1.28. The van der Waals surface area contributed by atoms with E-state index in [1.165, 1.54) is 19.2 Å². The maximum atomic E-state index is 11.2. The summed E-state index contributed by atoms with van der Waals surface area (Å²) in [7, 11) is 1.27. The molecule has 1 aromatic carbocycles. The molecular weight excluding hydrogens is 250 g/mol. The SMILES string of the molecule is COC(=O)c1cc(Br)ccc1N=[N+]=[N-]. The number of hydrogen-bond acceptors (Lipinski definition) is 3. The van der Waals surface area contributed by atoms with Crippen LogP contribution < -0.4 is 0 Å². The second-order valence-electron chi connectivity index (χ2n) is 2.34. The van der Waals surface area contributed by atoms with Gasteiger partial charge in [-0.3, -0.25) is 0 Å². The van der Waals surface area contributed by atoms with Crippen LogP contribution in [-0.4, -0.2) is 13.1 Å². The van der Waals surface area contributed by atoms with Crippen molar-refractivity contribution in [3.63, 3.8) is 0 Å². The van der Waals surface area contributed by atoms with Crippen LogP contribution in [0.1, 0.15) is 10.4 Å². The van der Waals surface area contributed by atoms with E-state index < -0.39 is 5.97 Å². The Hall–Kier alpha value is -1.52. The molecule has 0 aliphatic heterocycles. The molecule has 0 atom stereocenters. The van der Waals surface area contributed by atoms with E-state index in [0.717, 1.165) is 4.47 Å². The Bertz CT molecular complexity index is 413. The monoisotopic (exact) mass is 255 g/mol. The van der Waals surface area contributed by atoms with Crippen LogP contribution in [0.4, 0.5) is 5.69 Å². The summed E-state index contributed by atoms with van der Waals surface area (Å²) < 4.78 is 5.25. The Labute approximate surface area is 88.4 Å². The Kier molecular flexibility index (Phi) is 3.50. The number of benzene rings is 1. The molecule has 0 amide bonds. The number of carbonyl (C=O) groups excluding carboxylic acids is 1. The van der Waals surface area contributed by atoms with E-state index in [1.807, 2.05) is 0 Å². The lowest BCUT2D eigenvalue weighted by atomic mass is 10.2. The molecule has 0 unspecified atom stereocenters. The molecule has 0 aliphatic rings. The van der Waals surface area contributed by atoms with Crippen molar-refractivity contribution in [1.29, 1.82) is 0 Å². The maximum absolute atomic E-state index is 11.2. The van der Waals surface area contributed by atoms with Crippen LogP contribution in [0.2, 0.25) is 0 Å². The second-order valence-corrected chi connectivity index (χ2v) is 3.26. The molecule has 0 saturated carbocycles. The molecule has 0 spiro atoms. The van der Waals surface area contributed by atoms with E-state index in [4.69, 9.17) is 5.53 Å². The molecule has 1 rings (SSSR count). The molecule has 0 fully saturated rings. The Morgan fingerprint density at radius 2 is 2.36 bits per heavy atom. The zero-order chi connectivity index (χ0) is 10.6. The van der Waals surface area contributed by atoms with Gasteiger partial charge in [-0.05, 0) is 17.7 Å². The molecule has 0 saturated heterocycles. The van der Waals surface area contributed by atoms with Crippen molar-refractivity contribution in [3.8, 4) is 0 Å². The average Bonchev–Trinajstić information content (AvgIpc) is 2.20. The molecule has 14 heavy (non-hydrogen) atoms. The highest BCUT2D eigenvalue weighted by molar-refractivity contribution is 9.10. The zero-order valence-corrected chi connectivity index (χ0v) is 8.85. The first-order valence-electron chi connectivity index (χ1n) is 3.62. The highest BCUT2D eigenvalue weighted by Gasteiger charge is 2.10. The van der Waals surface area contributed by atoms with Gasteiger partial charge in [0, 0.05) is 9.38 Å². The number of nitrogens with zero attached hydrogens (tertiary/aromatic N) is 3. The fourth-order valence-electron chi connectivity index (χ4n) is 0.917. The summed E-state index contributed by atoms with van der Waals surface area (Å²) in [5.74, 6) is -0.534. The highest BCUT2D eigenvalue weighted by atomic mass is 79.9. The van der Waals surface area contributed by atoms with Crippen LogP contribution in [0.25, 0.3) is 10.4 Å². The number of esters is 1. The molecular formula is C8H6BrN3O2. The van der Waals surface area contributed by atoms with Crippen molar-refractivity contribution in [3.05, 3.63) is 38.7 Å². The third-order valence-corrected chi connectivity index (χ3v) is 2.01. The minimum absolute atomic E-state index is 0.236. The minimum atomic E-state index is -0.534. The lowest BCUT2D eigenvalue weighted by molar-refractivity contribution is 0.0601. The molecule has 0 radical (unpaired) electrons. The summed E-state index contributed by atoms with van der Waals surface area (Å²) in [4.78, 5) is 13.8. The van der Waals surface area contributed by atoms with E-state index >= 15 is 0 Å². The van der Waals surface area contributed by atoms with Crippen LogP contribution in [0.5, 0.6) is 0 Å². The summed E-state index contributed by atoms with van der Waals surface area (Å²) in [5, 5.41) is 3.38. The summed E-state index contributed by atoms with van der Waals surface area (Å²) in [6, 6.07) is 4.75. The molecule has 1 aromatic rings. The van der Waals surface area contributed by atoms with Crippen LogP contribution in [0, 0.1) is 0 Å². The first-order valence-corrected chi connectivity index (χ1v) is 4.41. The van der Waals surface area contributed by atoms with Gasteiger partial charge in [-0.25, -0.2) is 4.79 Å². The number of rotatable bonds is 2. The van der Waals surface area contributed by atoms with Gasteiger partial charge in [0.15, 0.2) is 0 Å². The Balaban J connectivity index is 3.28. The Morgan fingerprint density at radius 3 is 2.93 bits per heavy atom. The quantitative estimate of drug-likeness (QED) is 0.352. The lowest BCUT2D eigenvalue weighted by Gasteiger charge is -2.02. The van der Waals surface area contributed by atoms with Crippen molar-refractivity contribution in [2.45, 2.75) is 0 Å². The number of halogens is 1. The normalized spacial score (nSPS) is 9.00. The summed E-state index contributed by atoms with van der Waals surface area (Å²) >= 11 is 3.20. The summed E-state index contributed by atoms with van der Waals surface area (Å²) in [6.45, 7) is 0. The number of hydrogen-bond donors (Lipinski definition) is 0. The van der Waals surface area contributed by atoms with Crippen LogP contribution >= 0.6 is 15.9 Å². The fraction of sp³-hybridized carbons (Fsp3) is 0.125. The van der Waals surface area contributed by atoms with Gasteiger partial charge in [0.25, 0.3) is 0 Å². The molecule has 0 heterocycles. The van der Waals surface area contributed by atoms with E-state index in [-0.39, 0.29) is 11.3 Å². The largest absolute Gasteiger partial charge is 0.465 e. The molecule has 72 valence electrons. The second kappa shape index (κ2) is 4.64. The number of ether oxygens (including phenoxy) is 1. The summed E-state index contributed by atoms with van der Waals surface area (Å²) in [5.41, 5.74) is 8.75. The first-order chi connectivity index (χ1) is 6.69. The first kappa shape index (κ1) is 10.6. The van der Waals surface area contributed by atoms with Gasteiger partial charge < -0.3 is 4.74 Å². The van der Waals surface area contributed by atoms with E-state index in [9.17, 15) is 4.79 Å². The average molecular weight is 256 g/mol. The zero-order valence-electron chi connectivity index (χ0n) is 7.27. The third-order valence-electron chi connectivity index (χ3n) is 1.52. The van der Waals surface area contributed by atoms with Crippen LogP contribution in [0.15, 0.2) is 27.8 Å². The van der Waals surface area contributed by atoms with Crippen molar-refractivity contribution in [2.75, 3.05) is 7.11 Å². The lowest BCUT2D eigenvalue weighted by Crippen LogP contribution is -2.01. The molecule has 0 aromatic heterocycles. The predicted octanol–water partition coefficient (Wildman–Crippen LogP) is 3.18. The minimum Gasteiger partial charge on any atom is -0.465 e. The van der Waals surface area contributed by atoms with Gasteiger partial charge in [0.2, 0.25) is 0 Å². The molecule has 0 bridgehead atoms. The standard InChI is InChI=1S/C8H6BrN3O2/c1-14-8(13)6-4-5(9)2-3-7(6)11-12-10/h2-4H,1H3.